The van der Waals surface area contributed by atoms with Crippen LogP contribution in [0.15, 0.2) is 67.0 Å². The molecule has 138 valence electrons. The van der Waals surface area contributed by atoms with Gasteiger partial charge in [0.2, 0.25) is 0 Å². The van der Waals surface area contributed by atoms with Gasteiger partial charge in [0.15, 0.2) is 0 Å². The monoisotopic (exact) mass is 380 g/mol. The number of anilines is 2. The van der Waals surface area contributed by atoms with Gasteiger partial charge in [-0.2, -0.15) is 0 Å². The standard InChI is InChI=1S/C21H21ClN4O/c1-2-26(18-9-4-3-5-10-18)21(27)19-14-25-20(15-24-19)23-12-11-16-7-6-8-17(22)13-16/h3-10,13-15H,2,11-12H2,1H3,(H,23,25). The summed E-state index contributed by atoms with van der Waals surface area (Å²) in [6.07, 6.45) is 3.92. The summed E-state index contributed by atoms with van der Waals surface area (Å²) >= 11 is 5.99. The second kappa shape index (κ2) is 9.14. The van der Waals surface area contributed by atoms with Crippen LogP contribution in [-0.4, -0.2) is 29.0 Å². The minimum atomic E-state index is -0.165. The fourth-order valence-electron chi connectivity index (χ4n) is 2.75. The van der Waals surface area contributed by atoms with Crippen LogP contribution in [0.1, 0.15) is 23.0 Å². The molecule has 2 aromatic carbocycles. The normalized spacial score (nSPS) is 10.4. The fourth-order valence-corrected chi connectivity index (χ4v) is 2.96. The fraction of sp³-hybridized carbons (Fsp3) is 0.190. The lowest BCUT2D eigenvalue weighted by atomic mass is 10.1. The van der Waals surface area contributed by atoms with Gasteiger partial charge in [-0.05, 0) is 43.2 Å². The maximum atomic E-state index is 12.7. The topological polar surface area (TPSA) is 58.1 Å². The number of nitrogens with zero attached hydrogens (tertiary/aromatic N) is 3. The lowest BCUT2D eigenvalue weighted by Gasteiger charge is -2.20. The molecule has 1 amide bonds. The molecule has 1 aromatic heterocycles. The molecular weight excluding hydrogens is 360 g/mol. The Morgan fingerprint density at radius 2 is 1.89 bits per heavy atom. The average Bonchev–Trinajstić information content (AvgIpc) is 2.70. The Kier molecular flexibility index (Phi) is 6.39. The van der Waals surface area contributed by atoms with Crippen LogP contribution in [0.25, 0.3) is 0 Å². The van der Waals surface area contributed by atoms with Crippen LogP contribution in [0.3, 0.4) is 0 Å². The number of carbonyl (C=O) groups is 1. The number of carbonyl (C=O) groups excluding carboxylic acids is 1. The van der Waals surface area contributed by atoms with Crippen LogP contribution in [0.2, 0.25) is 5.02 Å². The van der Waals surface area contributed by atoms with E-state index in [0.717, 1.165) is 22.7 Å². The average molecular weight is 381 g/mol. The molecule has 0 saturated heterocycles. The molecule has 3 aromatic rings. The maximum Gasteiger partial charge on any atom is 0.278 e. The number of aromatic nitrogens is 2. The Labute approximate surface area is 164 Å². The Balaban J connectivity index is 1.60. The number of amides is 1. The van der Waals surface area contributed by atoms with Crippen LogP contribution in [-0.2, 0) is 6.42 Å². The van der Waals surface area contributed by atoms with E-state index in [4.69, 9.17) is 11.6 Å². The van der Waals surface area contributed by atoms with Crippen LogP contribution >= 0.6 is 11.6 Å². The first-order valence-electron chi connectivity index (χ1n) is 8.84. The highest BCUT2D eigenvalue weighted by atomic mass is 35.5. The molecule has 0 aliphatic carbocycles. The van der Waals surface area contributed by atoms with Gasteiger partial charge >= 0.3 is 0 Å². The van der Waals surface area contributed by atoms with Crippen molar-refractivity contribution in [2.45, 2.75) is 13.3 Å². The number of rotatable bonds is 7. The third-order valence-electron chi connectivity index (χ3n) is 4.11. The van der Waals surface area contributed by atoms with Crippen molar-refractivity contribution in [2.75, 3.05) is 23.3 Å². The molecule has 27 heavy (non-hydrogen) atoms. The van der Waals surface area contributed by atoms with Crippen molar-refractivity contribution in [3.05, 3.63) is 83.3 Å². The second-order valence-corrected chi connectivity index (χ2v) is 6.41. The van der Waals surface area contributed by atoms with E-state index in [-0.39, 0.29) is 5.91 Å². The van der Waals surface area contributed by atoms with Gasteiger partial charge in [0, 0.05) is 23.8 Å². The molecular formula is C21H21ClN4O. The molecule has 0 radical (unpaired) electrons. The van der Waals surface area contributed by atoms with E-state index in [1.54, 1.807) is 11.1 Å². The number of para-hydroxylation sites is 1. The van der Waals surface area contributed by atoms with E-state index in [1.165, 1.54) is 6.20 Å². The smallest absolute Gasteiger partial charge is 0.278 e. The van der Waals surface area contributed by atoms with E-state index in [2.05, 4.69) is 15.3 Å². The van der Waals surface area contributed by atoms with E-state index in [9.17, 15) is 4.79 Å². The van der Waals surface area contributed by atoms with Gasteiger partial charge in [-0.1, -0.05) is 41.9 Å². The van der Waals surface area contributed by atoms with Crippen molar-refractivity contribution in [1.82, 2.24) is 9.97 Å². The number of nitrogens with one attached hydrogen (secondary N) is 1. The van der Waals surface area contributed by atoms with Gasteiger partial charge in [-0.3, -0.25) is 4.79 Å². The summed E-state index contributed by atoms with van der Waals surface area (Å²) in [7, 11) is 0. The molecule has 0 aliphatic heterocycles. The molecule has 5 nitrogen and oxygen atoms in total. The first kappa shape index (κ1) is 18.9. The largest absolute Gasteiger partial charge is 0.368 e. The van der Waals surface area contributed by atoms with E-state index >= 15 is 0 Å². The van der Waals surface area contributed by atoms with Gasteiger partial charge in [0.25, 0.3) is 5.91 Å². The molecule has 1 heterocycles. The molecule has 1 N–H and O–H groups in total. The molecule has 3 rings (SSSR count). The lowest BCUT2D eigenvalue weighted by Crippen LogP contribution is -2.31. The highest BCUT2D eigenvalue weighted by Gasteiger charge is 2.17. The minimum absolute atomic E-state index is 0.165. The Hall–Kier alpha value is -2.92. The second-order valence-electron chi connectivity index (χ2n) is 5.98. The predicted molar refractivity (Wildman–Crippen MR) is 109 cm³/mol. The van der Waals surface area contributed by atoms with Crippen LogP contribution < -0.4 is 10.2 Å². The van der Waals surface area contributed by atoms with Crippen molar-refractivity contribution >= 4 is 29.0 Å². The third-order valence-corrected chi connectivity index (χ3v) is 4.34. The Bertz CT molecular complexity index is 884. The van der Waals surface area contributed by atoms with Crippen molar-refractivity contribution in [2.24, 2.45) is 0 Å². The summed E-state index contributed by atoms with van der Waals surface area (Å²) in [5.41, 5.74) is 2.31. The number of benzene rings is 2. The highest BCUT2D eigenvalue weighted by Crippen LogP contribution is 2.16. The van der Waals surface area contributed by atoms with Crippen molar-refractivity contribution in [3.63, 3.8) is 0 Å². The first-order valence-corrected chi connectivity index (χ1v) is 9.22. The molecule has 0 spiro atoms. The summed E-state index contributed by atoms with van der Waals surface area (Å²) in [6.45, 7) is 3.20. The lowest BCUT2D eigenvalue weighted by molar-refractivity contribution is 0.0983. The van der Waals surface area contributed by atoms with Gasteiger partial charge in [0.05, 0.1) is 12.4 Å². The van der Waals surface area contributed by atoms with E-state index in [1.807, 2.05) is 61.5 Å². The van der Waals surface area contributed by atoms with Crippen molar-refractivity contribution < 1.29 is 4.79 Å². The zero-order valence-corrected chi connectivity index (χ0v) is 15.9. The van der Waals surface area contributed by atoms with E-state index < -0.39 is 0 Å². The van der Waals surface area contributed by atoms with Gasteiger partial charge < -0.3 is 10.2 Å². The van der Waals surface area contributed by atoms with Crippen LogP contribution in [0, 0.1) is 0 Å². The van der Waals surface area contributed by atoms with Gasteiger partial charge in [-0.25, -0.2) is 9.97 Å². The SMILES string of the molecule is CCN(C(=O)c1cnc(NCCc2cccc(Cl)c2)cn1)c1ccccc1. The molecule has 0 fully saturated rings. The molecule has 0 bridgehead atoms. The zero-order chi connectivity index (χ0) is 19.1. The summed E-state index contributed by atoms with van der Waals surface area (Å²) in [5, 5.41) is 3.94. The summed E-state index contributed by atoms with van der Waals surface area (Å²) in [5.74, 6) is 0.470. The van der Waals surface area contributed by atoms with Crippen LogP contribution in [0.5, 0.6) is 0 Å². The quantitative estimate of drug-likeness (QED) is 0.657. The Morgan fingerprint density at radius 1 is 1.07 bits per heavy atom. The first-order chi connectivity index (χ1) is 13.2. The third kappa shape index (κ3) is 5.05. The number of halogens is 1. The summed E-state index contributed by atoms with van der Waals surface area (Å²) < 4.78 is 0. The van der Waals surface area contributed by atoms with Crippen molar-refractivity contribution in [3.8, 4) is 0 Å². The van der Waals surface area contributed by atoms with Crippen LogP contribution in [0.4, 0.5) is 11.5 Å². The highest BCUT2D eigenvalue weighted by molar-refractivity contribution is 6.30. The van der Waals surface area contributed by atoms with Crippen molar-refractivity contribution in [1.29, 1.82) is 0 Å². The zero-order valence-electron chi connectivity index (χ0n) is 15.1. The molecule has 0 unspecified atom stereocenters. The Morgan fingerprint density at radius 3 is 2.56 bits per heavy atom. The molecule has 0 aliphatic rings. The van der Waals surface area contributed by atoms with Gasteiger partial charge in [0.1, 0.15) is 11.5 Å². The molecule has 0 saturated carbocycles. The molecule has 6 heteroatoms. The summed E-state index contributed by atoms with van der Waals surface area (Å²) in [6, 6.07) is 17.3. The molecule has 0 atom stereocenters. The van der Waals surface area contributed by atoms with Gasteiger partial charge in [-0.15, -0.1) is 0 Å². The number of hydrogen-bond donors (Lipinski definition) is 1. The predicted octanol–water partition coefficient (Wildman–Crippen LogP) is 4.45. The minimum Gasteiger partial charge on any atom is -0.368 e. The maximum absolute atomic E-state index is 12.7. The van der Waals surface area contributed by atoms with E-state index in [0.29, 0.717) is 24.6 Å². The number of hydrogen-bond acceptors (Lipinski definition) is 4. The summed E-state index contributed by atoms with van der Waals surface area (Å²) in [4.78, 5) is 23.0.